The maximum Gasteiger partial charge on any atom is 0.339 e. The van der Waals surface area contributed by atoms with Gasteiger partial charge in [0, 0.05) is 18.8 Å². The fraction of sp³-hybridized carbons (Fsp3) is 0.300. The van der Waals surface area contributed by atoms with E-state index in [2.05, 4.69) is 20.1 Å². The van der Waals surface area contributed by atoms with E-state index in [4.69, 9.17) is 5.73 Å². The van der Waals surface area contributed by atoms with Gasteiger partial charge in [0.2, 0.25) is 0 Å². The highest BCUT2D eigenvalue weighted by Crippen LogP contribution is 2.17. The van der Waals surface area contributed by atoms with Gasteiger partial charge in [-0.05, 0) is 6.92 Å². The summed E-state index contributed by atoms with van der Waals surface area (Å²) < 4.78 is 1.38. The predicted octanol–water partition coefficient (Wildman–Crippen LogP) is -0.558. The highest BCUT2D eigenvalue weighted by Gasteiger charge is 2.07. The van der Waals surface area contributed by atoms with Gasteiger partial charge in [0.05, 0.1) is 5.75 Å². The first-order chi connectivity index (χ1) is 8.95. The molecule has 2 heterocycles. The standard InChI is InChI=1S/C10H12N6O2S/c1-5-3-6(11)13-7(12-5)4-19-10-14-8(17)9(18)15-16(10)2/h3H,4H2,1-2H3,(H,15,18)(H2,11,12,13). The van der Waals surface area contributed by atoms with Crippen molar-refractivity contribution in [3.05, 3.63) is 38.3 Å². The van der Waals surface area contributed by atoms with E-state index in [-0.39, 0.29) is 0 Å². The Balaban J connectivity index is 2.21. The number of rotatable bonds is 3. The average Bonchev–Trinajstić information content (AvgIpc) is 2.31. The van der Waals surface area contributed by atoms with Crippen LogP contribution in [-0.2, 0) is 12.8 Å². The van der Waals surface area contributed by atoms with Crippen molar-refractivity contribution in [1.82, 2.24) is 24.7 Å². The second-order valence-corrected chi connectivity index (χ2v) is 4.78. The summed E-state index contributed by atoms with van der Waals surface area (Å²) in [6.07, 6.45) is 0. The number of nitrogens with zero attached hydrogens (tertiary/aromatic N) is 4. The van der Waals surface area contributed by atoms with Gasteiger partial charge < -0.3 is 5.73 Å². The molecule has 3 N–H and O–H groups in total. The lowest BCUT2D eigenvalue weighted by Crippen LogP contribution is -2.33. The summed E-state index contributed by atoms with van der Waals surface area (Å²) in [5, 5.41) is 2.75. The number of nitrogen functional groups attached to an aromatic ring is 1. The number of hydrogen-bond acceptors (Lipinski definition) is 7. The molecule has 0 spiro atoms. The number of nitrogens with one attached hydrogen (secondary N) is 1. The van der Waals surface area contributed by atoms with Crippen LogP contribution >= 0.6 is 11.8 Å². The second kappa shape index (κ2) is 5.22. The molecule has 100 valence electrons. The summed E-state index contributed by atoms with van der Waals surface area (Å²) >= 11 is 1.24. The van der Waals surface area contributed by atoms with Gasteiger partial charge in [0.25, 0.3) is 0 Å². The zero-order valence-corrected chi connectivity index (χ0v) is 11.2. The largest absolute Gasteiger partial charge is 0.384 e. The van der Waals surface area contributed by atoms with Crippen LogP contribution in [0.2, 0.25) is 0 Å². The Kier molecular flexibility index (Phi) is 3.65. The zero-order chi connectivity index (χ0) is 14.0. The van der Waals surface area contributed by atoms with Crippen molar-refractivity contribution >= 4 is 17.6 Å². The van der Waals surface area contributed by atoms with Gasteiger partial charge >= 0.3 is 11.1 Å². The van der Waals surface area contributed by atoms with Crippen molar-refractivity contribution in [1.29, 1.82) is 0 Å². The van der Waals surface area contributed by atoms with Crippen molar-refractivity contribution in [3.8, 4) is 0 Å². The van der Waals surface area contributed by atoms with E-state index < -0.39 is 11.1 Å². The molecule has 0 aliphatic heterocycles. The van der Waals surface area contributed by atoms with Crippen LogP contribution in [0.1, 0.15) is 11.5 Å². The van der Waals surface area contributed by atoms with Crippen LogP contribution in [0.4, 0.5) is 5.82 Å². The van der Waals surface area contributed by atoms with Crippen molar-refractivity contribution in [3.63, 3.8) is 0 Å². The Hall–Kier alpha value is -2.16. The fourth-order valence-corrected chi connectivity index (χ4v) is 2.21. The molecule has 0 amide bonds. The molecule has 0 atom stereocenters. The number of thioether (sulfide) groups is 1. The van der Waals surface area contributed by atoms with E-state index in [1.54, 1.807) is 13.1 Å². The molecule has 19 heavy (non-hydrogen) atoms. The Labute approximate surface area is 112 Å². The number of nitrogens with two attached hydrogens (primary N) is 1. The highest BCUT2D eigenvalue weighted by atomic mass is 32.2. The molecule has 8 nitrogen and oxygen atoms in total. The SMILES string of the molecule is Cc1cc(N)nc(CSc2nc(=O)c(=O)[nH]n2C)n1. The molecule has 0 unspecified atom stereocenters. The van der Waals surface area contributed by atoms with Crippen LogP contribution in [-0.4, -0.2) is 24.7 Å². The van der Waals surface area contributed by atoms with E-state index in [1.165, 1.54) is 16.4 Å². The average molecular weight is 280 g/mol. The van der Waals surface area contributed by atoms with Gasteiger partial charge in [-0.15, -0.1) is 0 Å². The lowest BCUT2D eigenvalue weighted by atomic mass is 10.4. The van der Waals surface area contributed by atoms with Gasteiger partial charge in [-0.1, -0.05) is 11.8 Å². The maximum absolute atomic E-state index is 11.2. The Morgan fingerprint density at radius 1 is 1.37 bits per heavy atom. The first-order valence-corrected chi connectivity index (χ1v) is 6.34. The van der Waals surface area contributed by atoms with Crippen LogP contribution < -0.4 is 16.9 Å². The highest BCUT2D eigenvalue weighted by molar-refractivity contribution is 7.98. The van der Waals surface area contributed by atoms with Gasteiger partial charge in [0.15, 0.2) is 5.16 Å². The minimum absolute atomic E-state index is 0.383. The van der Waals surface area contributed by atoms with E-state index in [0.29, 0.717) is 22.6 Å². The molecule has 0 aliphatic carbocycles. The maximum atomic E-state index is 11.2. The smallest absolute Gasteiger partial charge is 0.339 e. The van der Waals surface area contributed by atoms with Gasteiger partial charge in [-0.3, -0.25) is 19.4 Å². The lowest BCUT2D eigenvalue weighted by molar-refractivity contribution is 0.596. The number of aromatic amines is 1. The molecule has 9 heteroatoms. The molecule has 0 radical (unpaired) electrons. The molecule has 0 fully saturated rings. The number of aromatic nitrogens is 5. The fourth-order valence-electron chi connectivity index (χ4n) is 1.44. The molecule has 2 aromatic heterocycles. The van der Waals surface area contributed by atoms with E-state index in [1.807, 2.05) is 6.92 Å². The Morgan fingerprint density at radius 3 is 2.79 bits per heavy atom. The molecule has 2 aromatic rings. The van der Waals surface area contributed by atoms with Crippen molar-refractivity contribution in [2.24, 2.45) is 7.05 Å². The van der Waals surface area contributed by atoms with Crippen LogP contribution in [0.3, 0.4) is 0 Å². The number of hydrogen-bond donors (Lipinski definition) is 2. The van der Waals surface area contributed by atoms with Gasteiger partial charge in [-0.2, -0.15) is 4.98 Å². The number of aryl methyl sites for hydroxylation is 2. The lowest BCUT2D eigenvalue weighted by Gasteiger charge is -2.06. The molecular weight excluding hydrogens is 268 g/mol. The minimum Gasteiger partial charge on any atom is -0.384 e. The predicted molar refractivity (Wildman–Crippen MR) is 70.8 cm³/mol. The zero-order valence-electron chi connectivity index (χ0n) is 10.4. The van der Waals surface area contributed by atoms with Gasteiger partial charge in [-0.25, -0.2) is 9.97 Å². The molecule has 0 aliphatic rings. The van der Waals surface area contributed by atoms with E-state index >= 15 is 0 Å². The summed E-state index contributed by atoms with van der Waals surface area (Å²) in [4.78, 5) is 34.2. The van der Waals surface area contributed by atoms with Crippen LogP contribution in [0.15, 0.2) is 20.8 Å². The number of anilines is 1. The van der Waals surface area contributed by atoms with Crippen LogP contribution in [0.5, 0.6) is 0 Å². The molecule has 2 rings (SSSR count). The first-order valence-electron chi connectivity index (χ1n) is 5.36. The van der Waals surface area contributed by atoms with Crippen molar-refractivity contribution in [2.75, 3.05) is 5.73 Å². The number of H-pyrrole nitrogens is 1. The van der Waals surface area contributed by atoms with Crippen LogP contribution in [0.25, 0.3) is 0 Å². The summed E-state index contributed by atoms with van der Waals surface area (Å²) in [5.74, 6) is 1.34. The third-order valence-corrected chi connectivity index (χ3v) is 3.22. The third kappa shape index (κ3) is 3.19. The quantitative estimate of drug-likeness (QED) is 0.571. The molecule has 0 aromatic carbocycles. The summed E-state index contributed by atoms with van der Waals surface area (Å²) in [5.41, 5.74) is 4.83. The monoisotopic (exact) mass is 280 g/mol. The normalized spacial score (nSPS) is 10.6. The summed E-state index contributed by atoms with van der Waals surface area (Å²) in [6, 6.07) is 1.67. The summed E-state index contributed by atoms with van der Waals surface area (Å²) in [7, 11) is 1.60. The third-order valence-electron chi connectivity index (χ3n) is 2.20. The van der Waals surface area contributed by atoms with Crippen LogP contribution in [0, 0.1) is 6.92 Å². The molecule has 0 bridgehead atoms. The minimum atomic E-state index is -0.815. The summed E-state index contributed by atoms with van der Waals surface area (Å²) in [6.45, 7) is 1.82. The molecular formula is C10H12N6O2S. The Morgan fingerprint density at radius 2 is 2.11 bits per heavy atom. The van der Waals surface area contributed by atoms with E-state index in [0.717, 1.165) is 5.69 Å². The molecule has 0 saturated heterocycles. The topological polar surface area (TPSA) is 120 Å². The van der Waals surface area contributed by atoms with E-state index in [9.17, 15) is 9.59 Å². The van der Waals surface area contributed by atoms with Crippen molar-refractivity contribution < 1.29 is 0 Å². The first kappa shape index (κ1) is 13.3. The second-order valence-electron chi connectivity index (χ2n) is 3.84. The Bertz CT molecular complexity index is 702. The molecule has 0 saturated carbocycles. The van der Waals surface area contributed by atoms with Crippen molar-refractivity contribution in [2.45, 2.75) is 17.8 Å². The van der Waals surface area contributed by atoms with Gasteiger partial charge in [0.1, 0.15) is 11.6 Å².